The van der Waals surface area contributed by atoms with Gasteiger partial charge in [0.25, 0.3) is 0 Å². The molecule has 3 aromatic heterocycles. The predicted octanol–water partition coefficient (Wildman–Crippen LogP) is 10.8. The van der Waals surface area contributed by atoms with Crippen molar-refractivity contribution >= 4 is 75.3 Å². The van der Waals surface area contributed by atoms with Gasteiger partial charge in [-0.15, -0.1) is 11.3 Å². The summed E-state index contributed by atoms with van der Waals surface area (Å²) in [6.45, 7) is 0. The maximum absolute atomic E-state index is 6.18. The van der Waals surface area contributed by atoms with Crippen molar-refractivity contribution in [2.75, 3.05) is 0 Å². The number of aromatic nitrogens is 1. The summed E-state index contributed by atoms with van der Waals surface area (Å²) in [5, 5.41) is 7.66. The van der Waals surface area contributed by atoms with E-state index in [1.807, 2.05) is 17.4 Å². The molecule has 2 nitrogen and oxygen atoms in total. The number of hydrogen-bond donors (Lipinski definition) is 0. The quantitative estimate of drug-likeness (QED) is 0.223. The molecule has 1 aliphatic rings. The van der Waals surface area contributed by atoms with E-state index >= 15 is 0 Å². The Hall–Kier alpha value is -4.60. The molecular weight excluding hydrogens is 494 g/mol. The lowest BCUT2D eigenvalue weighted by atomic mass is 9.95. The first kappa shape index (κ1) is 21.3. The molecule has 1 atom stereocenters. The molecule has 0 saturated carbocycles. The second-order valence-corrected chi connectivity index (χ2v) is 11.5. The summed E-state index contributed by atoms with van der Waals surface area (Å²) in [6, 6.07) is 35.5. The van der Waals surface area contributed by atoms with Crippen LogP contribution >= 0.6 is 11.3 Å². The average molecular weight is 518 g/mol. The molecule has 1 unspecified atom stereocenters. The van der Waals surface area contributed by atoms with E-state index in [1.165, 1.54) is 53.1 Å². The number of para-hydroxylation sites is 2. The van der Waals surface area contributed by atoms with Crippen LogP contribution in [0.2, 0.25) is 0 Å². The first-order valence-electron chi connectivity index (χ1n) is 13.5. The van der Waals surface area contributed by atoms with Crippen LogP contribution in [-0.4, -0.2) is 4.57 Å². The maximum atomic E-state index is 6.18. The largest absolute Gasteiger partial charge is 0.456 e. The fourth-order valence-electron chi connectivity index (χ4n) is 6.62. The summed E-state index contributed by atoms with van der Waals surface area (Å²) in [7, 11) is 0. The van der Waals surface area contributed by atoms with Gasteiger partial charge in [-0.1, -0.05) is 85.0 Å². The van der Waals surface area contributed by atoms with Gasteiger partial charge in [0.2, 0.25) is 0 Å². The minimum atomic E-state index is 0.273. The van der Waals surface area contributed by atoms with Crippen LogP contribution < -0.4 is 0 Å². The SMILES string of the molecule is C1=CCC(n2c3ccccc3c3c(-c4ccc5oc6ccccc6c5c4)cc4sc5ccccc5c4c32)C=C1. The molecule has 39 heavy (non-hydrogen) atoms. The number of allylic oxidation sites excluding steroid dienone is 4. The molecule has 8 aromatic rings. The Labute approximate surface area is 228 Å². The first-order chi connectivity index (χ1) is 19.3. The second-order valence-electron chi connectivity index (χ2n) is 10.4. The molecule has 9 rings (SSSR count). The number of thiophene rings is 1. The lowest BCUT2D eigenvalue weighted by Crippen LogP contribution is -2.07. The number of rotatable bonds is 2. The number of fused-ring (bicyclic) bond motifs is 10. The molecule has 0 bridgehead atoms. The van der Waals surface area contributed by atoms with Crippen LogP contribution in [0.5, 0.6) is 0 Å². The third-order valence-corrected chi connectivity index (χ3v) is 9.41. The van der Waals surface area contributed by atoms with Crippen molar-refractivity contribution in [3.8, 4) is 11.1 Å². The zero-order valence-electron chi connectivity index (χ0n) is 21.1. The zero-order chi connectivity index (χ0) is 25.5. The summed E-state index contributed by atoms with van der Waals surface area (Å²) >= 11 is 1.89. The molecular formula is C36H23NOS. The molecule has 3 heterocycles. The Kier molecular flexibility index (Phi) is 4.35. The standard InChI is InChI=1S/C36H23NOS/c1-2-10-23(11-3-1)37-29-15-7-4-13-25(29)34-27(21-33-35(36(34)37)26-14-6-9-17-32(26)39-33)22-18-19-31-28(20-22)24-12-5-8-16-30(24)38-31/h1-10,12-21,23H,11H2. The Morgan fingerprint density at radius 2 is 1.46 bits per heavy atom. The molecule has 5 aromatic carbocycles. The van der Waals surface area contributed by atoms with Gasteiger partial charge in [-0.2, -0.15) is 0 Å². The Morgan fingerprint density at radius 3 is 2.36 bits per heavy atom. The summed E-state index contributed by atoms with van der Waals surface area (Å²) < 4.78 is 11.4. The van der Waals surface area contributed by atoms with Crippen LogP contribution in [-0.2, 0) is 0 Å². The molecule has 0 aliphatic heterocycles. The van der Waals surface area contributed by atoms with E-state index < -0.39 is 0 Å². The highest BCUT2D eigenvalue weighted by Gasteiger charge is 2.24. The molecule has 1 aliphatic carbocycles. The topological polar surface area (TPSA) is 18.1 Å². The second kappa shape index (κ2) is 7.95. The third-order valence-electron chi connectivity index (χ3n) is 8.29. The van der Waals surface area contributed by atoms with Gasteiger partial charge >= 0.3 is 0 Å². The summed E-state index contributed by atoms with van der Waals surface area (Å²) in [5.74, 6) is 0. The van der Waals surface area contributed by atoms with Crippen LogP contribution in [0.3, 0.4) is 0 Å². The highest BCUT2D eigenvalue weighted by Crippen LogP contribution is 2.48. The number of hydrogen-bond acceptors (Lipinski definition) is 2. The highest BCUT2D eigenvalue weighted by molar-refractivity contribution is 7.26. The van der Waals surface area contributed by atoms with Crippen molar-refractivity contribution in [3.05, 3.63) is 121 Å². The van der Waals surface area contributed by atoms with E-state index in [4.69, 9.17) is 4.42 Å². The van der Waals surface area contributed by atoms with E-state index in [9.17, 15) is 0 Å². The van der Waals surface area contributed by atoms with Crippen molar-refractivity contribution in [2.24, 2.45) is 0 Å². The van der Waals surface area contributed by atoms with Gasteiger partial charge in [-0.25, -0.2) is 0 Å². The molecule has 0 N–H and O–H groups in total. The van der Waals surface area contributed by atoms with Gasteiger partial charge in [-0.05, 0) is 53.9 Å². The molecule has 0 saturated heterocycles. The fraction of sp³-hybridized carbons (Fsp3) is 0.0556. The Bertz CT molecular complexity index is 2320. The first-order valence-corrected chi connectivity index (χ1v) is 14.3. The number of furan rings is 1. The molecule has 184 valence electrons. The third kappa shape index (κ3) is 2.96. The molecule has 0 radical (unpaired) electrons. The Balaban J connectivity index is 1.48. The fourth-order valence-corrected chi connectivity index (χ4v) is 7.77. The van der Waals surface area contributed by atoms with Gasteiger partial charge in [0, 0.05) is 47.2 Å². The molecule has 0 fully saturated rings. The lowest BCUT2D eigenvalue weighted by Gasteiger charge is -2.19. The van der Waals surface area contributed by atoms with Crippen LogP contribution in [0.1, 0.15) is 12.5 Å². The van der Waals surface area contributed by atoms with Crippen LogP contribution in [0.25, 0.3) is 75.0 Å². The van der Waals surface area contributed by atoms with Crippen molar-refractivity contribution in [3.63, 3.8) is 0 Å². The maximum Gasteiger partial charge on any atom is 0.135 e. The van der Waals surface area contributed by atoms with E-state index in [-0.39, 0.29) is 6.04 Å². The predicted molar refractivity (Wildman–Crippen MR) is 167 cm³/mol. The van der Waals surface area contributed by atoms with Crippen molar-refractivity contribution in [1.29, 1.82) is 0 Å². The van der Waals surface area contributed by atoms with Crippen LogP contribution in [0.4, 0.5) is 0 Å². The van der Waals surface area contributed by atoms with E-state index in [0.717, 1.165) is 28.4 Å². The molecule has 0 amide bonds. The van der Waals surface area contributed by atoms with E-state index in [2.05, 4.69) is 120 Å². The number of benzene rings is 5. The minimum Gasteiger partial charge on any atom is -0.456 e. The monoisotopic (exact) mass is 517 g/mol. The van der Waals surface area contributed by atoms with Gasteiger partial charge in [0.1, 0.15) is 11.2 Å². The van der Waals surface area contributed by atoms with Crippen molar-refractivity contribution < 1.29 is 4.42 Å². The zero-order valence-corrected chi connectivity index (χ0v) is 21.9. The lowest BCUT2D eigenvalue weighted by molar-refractivity contribution is 0.649. The van der Waals surface area contributed by atoms with Crippen molar-refractivity contribution in [1.82, 2.24) is 4.57 Å². The van der Waals surface area contributed by atoms with Crippen molar-refractivity contribution in [2.45, 2.75) is 12.5 Å². The number of nitrogens with zero attached hydrogens (tertiary/aromatic N) is 1. The highest BCUT2D eigenvalue weighted by atomic mass is 32.1. The van der Waals surface area contributed by atoms with Gasteiger partial charge in [-0.3, -0.25) is 0 Å². The van der Waals surface area contributed by atoms with Gasteiger partial charge in [0.05, 0.1) is 11.6 Å². The molecule has 3 heteroatoms. The minimum absolute atomic E-state index is 0.273. The summed E-state index contributed by atoms with van der Waals surface area (Å²) in [6.07, 6.45) is 9.99. The van der Waals surface area contributed by atoms with E-state index in [0.29, 0.717) is 0 Å². The van der Waals surface area contributed by atoms with Crippen LogP contribution in [0.15, 0.2) is 126 Å². The summed E-state index contributed by atoms with van der Waals surface area (Å²) in [5.41, 5.74) is 6.99. The summed E-state index contributed by atoms with van der Waals surface area (Å²) in [4.78, 5) is 0. The van der Waals surface area contributed by atoms with Gasteiger partial charge < -0.3 is 8.98 Å². The van der Waals surface area contributed by atoms with Gasteiger partial charge in [0.15, 0.2) is 0 Å². The molecule has 0 spiro atoms. The van der Waals surface area contributed by atoms with E-state index in [1.54, 1.807) is 0 Å². The normalized spacial score (nSPS) is 15.6. The Morgan fingerprint density at radius 1 is 0.667 bits per heavy atom. The average Bonchev–Trinajstić information content (AvgIpc) is 3.66. The van der Waals surface area contributed by atoms with Crippen LogP contribution in [0, 0.1) is 0 Å². The smallest absolute Gasteiger partial charge is 0.135 e.